The molecular formula is C14H22ClFN2O2. The second-order valence-corrected chi connectivity index (χ2v) is 4.46. The highest BCUT2D eigenvalue weighted by atomic mass is 35.5. The van der Waals surface area contributed by atoms with Crippen molar-refractivity contribution in [3.8, 4) is 5.75 Å². The summed E-state index contributed by atoms with van der Waals surface area (Å²) in [6.45, 7) is 2.57. The molecule has 4 nitrogen and oxygen atoms in total. The van der Waals surface area contributed by atoms with Crippen LogP contribution in [0.5, 0.6) is 5.75 Å². The van der Waals surface area contributed by atoms with Crippen LogP contribution in [0.3, 0.4) is 0 Å². The average Bonchev–Trinajstić information content (AvgIpc) is 2.42. The first-order valence-electron chi connectivity index (χ1n) is 6.33. The van der Waals surface area contributed by atoms with Gasteiger partial charge in [0, 0.05) is 19.0 Å². The van der Waals surface area contributed by atoms with Crippen molar-refractivity contribution in [1.29, 1.82) is 0 Å². The van der Waals surface area contributed by atoms with E-state index in [-0.39, 0.29) is 30.1 Å². The zero-order valence-electron chi connectivity index (χ0n) is 12.0. The Bertz CT molecular complexity index is 430. The van der Waals surface area contributed by atoms with E-state index >= 15 is 0 Å². The molecular weight excluding hydrogens is 283 g/mol. The van der Waals surface area contributed by atoms with Crippen LogP contribution >= 0.6 is 12.4 Å². The highest BCUT2D eigenvalue weighted by Crippen LogP contribution is 2.18. The van der Waals surface area contributed by atoms with Gasteiger partial charge in [-0.25, -0.2) is 4.39 Å². The van der Waals surface area contributed by atoms with Gasteiger partial charge in [0.15, 0.2) is 11.6 Å². The molecule has 0 radical (unpaired) electrons. The van der Waals surface area contributed by atoms with Crippen LogP contribution in [0.1, 0.15) is 18.9 Å². The van der Waals surface area contributed by atoms with Crippen molar-refractivity contribution >= 4 is 18.3 Å². The zero-order chi connectivity index (χ0) is 14.3. The number of ether oxygens (including phenoxy) is 1. The summed E-state index contributed by atoms with van der Waals surface area (Å²) in [5.74, 6) is -0.210. The molecule has 1 aromatic rings. The van der Waals surface area contributed by atoms with E-state index in [1.54, 1.807) is 12.1 Å². The van der Waals surface area contributed by atoms with Crippen molar-refractivity contribution in [2.24, 2.45) is 0 Å². The topological polar surface area (TPSA) is 50.4 Å². The third-order valence-electron chi connectivity index (χ3n) is 2.96. The van der Waals surface area contributed by atoms with Gasteiger partial charge in [-0.15, -0.1) is 12.4 Å². The summed E-state index contributed by atoms with van der Waals surface area (Å²) in [5, 5.41) is 5.86. The van der Waals surface area contributed by atoms with Gasteiger partial charge in [-0.2, -0.15) is 0 Å². The molecule has 0 heterocycles. The van der Waals surface area contributed by atoms with Gasteiger partial charge in [0.05, 0.1) is 7.11 Å². The molecule has 0 saturated heterocycles. The standard InChI is InChI=1S/C14H21FN2O2.ClH/c1-10(16-2)9-17-14(18)7-5-11-4-6-13(19-3)12(15)8-11;/h4,6,8,10,16H,5,7,9H2,1-3H3,(H,17,18);1H. The molecule has 1 aromatic carbocycles. The van der Waals surface area contributed by atoms with E-state index in [0.29, 0.717) is 19.4 Å². The number of amides is 1. The predicted octanol–water partition coefficient (Wildman–Crippen LogP) is 1.91. The number of nitrogens with one attached hydrogen (secondary N) is 2. The van der Waals surface area contributed by atoms with Gasteiger partial charge in [-0.05, 0) is 38.1 Å². The van der Waals surface area contributed by atoms with Crippen molar-refractivity contribution in [1.82, 2.24) is 10.6 Å². The van der Waals surface area contributed by atoms with Crippen LogP contribution in [0.25, 0.3) is 0 Å². The lowest BCUT2D eigenvalue weighted by molar-refractivity contribution is -0.121. The smallest absolute Gasteiger partial charge is 0.220 e. The summed E-state index contributed by atoms with van der Waals surface area (Å²) >= 11 is 0. The van der Waals surface area contributed by atoms with E-state index < -0.39 is 5.82 Å². The van der Waals surface area contributed by atoms with E-state index in [1.165, 1.54) is 13.2 Å². The fourth-order valence-corrected chi connectivity index (χ4v) is 1.58. The molecule has 114 valence electrons. The highest BCUT2D eigenvalue weighted by molar-refractivity contribution is 5.85. The Morgan fingerprint density at radius 3 is 2.70 bits per heavy atom. The van der Waals surface area contributed by atoms with Crippen molar-refractivity contribution in [2.75, 3.05) is 20.7 Å². The Morgan fingerprint density at radius 2 is 2.15 bits per heavy atom. The molecule has 20 heavy (non-hydrogen) atoms. The van der Waals surface area contributed by atoms with Crippen molar-refractivity contribution < 1.29 is 13.9 Å². The number of aryl methyl sites for hydroxylation is 1. The summed E-state index contributed by atoms with van der Waals surface area (Å²) in [6, 6.07) is 4.99. The van der Waals surface area contributed by atoms with Crippen LogP contribution in [0.4, 0.5) is 4.39 Å². The fraction of sp³-hybridized carbons (Fsp3) is 0.500. The number of likely N-dealkylation sites (N-methyl/N-ethyl adjacent to an activating group) is 1. The lowest BCUT2D eigenvalue weighted by Gasteiger charge is -2.11. The molecule has 0 fully saturated rings. The normalized spacial score (nSPS) is 11.4. The maximum absolute atomic E-state index is 13.4. The van der Waals surface area contributed by atoms with Crippen LogP contribution in [0.15, 0.2) is 18.2 Å². The molecule has 1 atom stereocenters. The van der Waals surface area contributed by atoms with Gasteiger partial charge in [0.1, 0.15) is 0 Å². The first-order valence-corrected chi connectivity index (χ1v) is 6.33. The van der Waals surface area contributed by atoms with Gasteiger partial charge in [-0.3, -0.25) is 4.79 Å². The number of hydrogen-bond acceptors (Lipinski definition) is 3. The molecule has 1 rings (SSSR count). The second kappa shape index (κ2) is 9.55. The largest absolute Gasteiger partial charge is 0.494 e. The molecule has 0 aliphatic heterocycles. The van der Waals surface area contributed by atoms with Crippen molar-refractivity contribution in [2.45, 2.75) is 25.8 Å². The second-order valence-electron chi connectivity index (χ2n) is 4.46. The van der Waals surface area contributed by atoms with Crippen LogP contribution in [-0.2, 0) is 11.2 Å². The Labute approximate surface area is 125 Å². The van der Waals surface area contributed by atoms with E-state index in [2.05, 4.69) is 10.6 Å². The minimum absolute atomic E-state index is 0. The molecule has 0 aliphatic carbocycles. The number of hydrogen-bond donors (Lipinski definition) is 2. The summed E-state index contributed by atoms with van der Waals surface area (Å²) in [6.07, 6.45) is 0.864. The van der Waals surface area contributed by atoms with E-state index in [1.807, 2.05) is 14.0 Å². The Morgan fingerprint density at radius 1 is 1.45 bits per heavy atom. The monoisotopic (exact) mass is 304 g/mol. The predicted molar refractivity (Wildman–Crippen MR) is 80.1 cm³/mol. The van der Waals surface area contributed by atoms with E-state index in [9.17, 15) is 9.18 Å². The number of benzene rings is 1. The highest BCUT2D eigenvalue weighted by Gasteiger charge is 2.07. The molecule has 1 amide bonds. The summed E-state index contributed by atoms with van der Waals surface area (Å²) in [5.41, 5.74) is 0.787. The lowest BCUT2D eigenvalue weighted by Crippen LogP contribution is -2.37. The molecule has 6 heteroatoms. The number of carbonyl (C=O) groups excluding carboxylic acids is 1. The minimum atomic E-state index is -0.399. The summed E-state index contributed by atoms with van der Waals surface area (Å²) < 4.78 is 18.3. The van der Waals surface area contributed by atoms with Crippen LogP contribution in [-0.4, -0.2) is 32.7 Å². The maximum Gasteiger partial charge on any atom is 0.220 e. The van der Waals surface area contributed by atoms with E-state index in [4.69, 9.17) is 4.74 Å². The number of halogens is 2. The Balaban J connectivity index is 0.00000361. The van der Waals surface area contributed by atoms with Crippen LogP contribution < -0.4 is 15.4 Å². The lowest BCUT2D eigenvalue weighted by atomic mass is 10.1. The molecule has 0 spiro atoms. The first kappa shape index (κ1) is 18.7. The van der Waals surface area contributed by atoms with Gasteiger partial charge in [0.25, 0.3) is 0 Å². The van der Waals surface area contributed by atoms with Crippen molar-refractivity contribution in [3.05, 3.63) is 29.6 Å². The quantitative estimate of drug-likeness (QED) is 0.809. The molecule has 0 saturated carbocycles. The summed E-state index contributed by atoms with van der Waals surface area (Å²) in [7, 11) is 3.27. The van der Waals surface area contributed by atoms with Gasteiger partial charge in [-0.1, -0.05) is 6.07 Å². The third-order valence-corrected chi connectivity index (χ3v) is 2.96. The molecule has 0 bridgehead atoms. The Hall–Kier alpha value is -1.33. The van der Waals surface area contributed by atoms with E-state index in [0.717, 1.165) is 5.56 Å². The number of methoxy groups -OCH3 is 1. The zero-order valence-corrected chi connectivity index (χ0v) is 12.8. The SMILES string of the molecule is CNC(C)CNC(=O)CCc1ccc(OC)c(F)c1.Cl. The minimum Gasteiger partial charge on any atom is -0.494 e. The Kier molecular flexibility index (Phi) is 8.92. The molecule has 1 unspecified atom stereocenters. The molecule has 0 aliphatic rings. The van der Waals surface area contributed by atoms with Crippen LogP contribution in [0.2, 0.25) is 0 Å². The first-order chi connectivity index (χ1) is 9.06. The third kappa shape index (κ3) is 6.21. The van der Waals surface area contributed by atoms with Crippen LogP contribution in [0, 0.1) is 5.82 Å². The average molecular weight is 305 g/mol. The van der Waals surface area contributed by atoms with Gasteiger partial charge < -0.3 is 15.4 Å². The number of rotatable bonds is 7. The van der Waals surface area contributed by atoms with Gasteiger partial charge >= 0.3 is 0 Å². The molecule has 0 aromatic heterocycles. The number of carbonyl (C=O) groups is 1. The van der Waals surface area contributed by atoms with Gasteiger partial charge in [0.2, 0.25) is 5.91 Å². The maximum atomic E-state index is 13.4. The molecule has 2 N–H and O–H groups in total. The summed E-state index contributed by atoms with van der Waals surface area (Å²) in [4.78, 5) is 11.6. The van der Waals surface area contributed by atoms with Crippen molar-refractivity contribution in [3.63, 3.8) is 0 Å². The fourth-order valence-electron chi connectivity index (χ4n) is 1.58.